The van der Waals surface area contributed by atoms with Crippen LogP contribution in [0.2, 0.25) is 0 Å². The average Bonchev–Trinajstić information content (AvgIpc) is 3.06. The molecule has 272 valence electrons. The van der Waals surface area contributed by atoms with Gasteiger partial charge >= 0.3 is 11.9 Å². The van der Waals surface area contributed by atoms with Crippen molar-refractivity contribution >= 4 is 22.9 Å². The molecule has 19 nitrogen and oxygen atoms in total. The van der Waals surface area contributed by atoms with Gasteiger partial charge in [-0.1, -0.05) is 0 Å². The number of ether oxygens (including phenoxy) is 6. The molecule has 2 aliphatic heterocycles. The van der Waals surface area contributed by atoms with E-state index >= 15 is 0 Å². The first kappa shape index (κ1) is 36.9. The molecule has 0 spiro atoms. The van der Waals surface area contributed by atoms with Crippen molar-refractivity contribution in [3.63, 3.8) is 0 Å². The minimum absolute atomic E-state index is 0.0875. The van der Waals surface area contributed by atoms with E-state index in [-0.39, 0.29) is 22.8 Å². The Labute approximate surface area is 280 Å². The highest BCUT2D eigenvalue weighted by Crippen LogP contribution is 2.41. The van der Waals surface area contributed by atoms with Gasteiger partial charge in [-0.05, 0) is 18.2 Å². The first-order chi connectivity index (χ1) is 23.6. The molecule has 0 aliphatic carbocycles. The highest BCUT2D eigenvalue weighted by Gasteiger charge is 2.46. The second-order valence-electron chi connectivity index (χ2n) is 11.4. The van der Waals surface area contributed by atoms with Crippen molar-refractivity contribution < 1.29 is 88.4 Å². The topological polar surface area (TPSA) is 302 Å². The number of esters is 2. The zero-order valence-electron chi connectivity index (χ0n) is 26.2. The van der Waals surface area contributed by atoms with Crippen LogP contribution in [0, 0.1) is 0 Å². The summed E-state index contributed by atoms with van der Waals surface area (Å²) in [7, 11) is 0. The Hall–Kier alpha value is -4.41. The van der Waals surface area contributed by atoms with Gasteiger partial charge in [0, 0.05) is 31.5 Å². The van der Waals surface area contributed by atoms with E-state index in [1.165, 1.54) is 12.1 Å². The van der Waals surface area contributed by atoms with Crippen LogP contribution in [-0.4, -0.2) is 133 Å². The second-order valence-corrected chi connectivity index (χ2v) is 11.4. The molecular weight excluding hydrogens is 676 g/mol. The average molecular weight is 711 g/mol. The fourth-order valence-electron chi connectivity index (χ4n) is 5.33. The molecule has 3 aromatic rings. The van der Waals surface area contributed by atoms with Gasteiger partial charge in [0.05, 0.1) is 13.2 Å². The normalized spacial score (nSPS) is 29.7. The second kappa shape index (κ2) is 14.8. The van der Waals surface area contributed by atoms with Crippen molar-refractivity contribution in [1.82, 2.24) is 0 Å². The minimum Gasteiger partial charge on any atom is -0.507 e. The zero-order valence-corrected chi connectivity index (χ0v) is 26.2. The molecule has 0 saturated carbocycles. The van der Waals surface area contributed by atoms with Crippen LogP contribution in [0.3, 0.4) is 0 Å². The molecule has 2 aliphatic rings. The van der Waals surface area contributed by atoms with E-state index in [4.69, 9.17) is 32.8 Å². The zero-order chi connectivity index (χ0) is 36.6. The summed E-state index contributed by atoms with van der Waals surface area (Å²) in [4.78, 5) is 37.6. The van der Waals surface area contributed by atoms with Crippen molar-refractivity contribution in [2.24, 2.45) is 0 Å². The lowest BCUT2D eigenvalue weighted by molar-refractivity contribution is -0.277. The van der Waals surface area contributed by atoms with Gasteiger partial charge in [-0.25, -0.2) is 0 Å². The number of aromatic hydroxyl groups is 1. The van der Waals surface area contributed by atoms with Gasteiger partial charge < -0.3 is 78.8 Å². The smallest absolute Gasteiger partial charge is 0.308 e. The molecule has 19 heteroatoms. The maximum absolute atomic E-state index is 14.0. The number of rotatable bonds is 9. The van der Waals surface area contributed by atoms with Crippen molar-refractivity contribution in [1.29, 1.82) is 0 Å². The molecule has 2 fully saturated rings. The number of aliphatic hydroxyl groups is 8. The first-order valence-corrected chi connectivity index (χ1v) is 14.9. The molecule has 0 bridgehead atoms. The fraction of sp³-hybridized carbons (Fsp3) is 0.452. The Morgan fingerprint density at radius 1 is 0.720 bits per heavy atom. The summed E-state index contributed by atoms with van der Waals surface area (Å²) in [5, 5.41) is 91.3. The Morgan fingerprint density at radius 3 is 1.80 bits per heavy atom. The maximum Gasteiger partial charge on any atom is 0.308 e. The van der Waals surface area contributed by atoms with Gasteiger partial charge in [0.15, 0.2) is 17.3 Å². The van der Waals surface area contributed by atoms with Gasteiger partial charge in [0.1, 0.15) is 71.3 Å². The molecule has 0 radical (unpaired) electrons. The monoisotopic (exact) mass is 710 g/mol. The Bertz CT molecular complexity index is 1790. The summed E-state index contributed by atoms with van der Waals surface area (Å²) in [6.07, 6.45) is -17.4. The standard InChI is InChI=1S/C31H34O19/c1-10(34)44-15-4-3-12(5-16(15)45-11(2)35)28-29(50-31-27(43)25(41)22(38)19(9-33)49-31)23(39)20-14(36)6-13(7-17(20)47-28)46-30-26(42)24(40)21(37)18(8-32)48-30/h3-7,18-19,21-22,24-27,30-33,36-38,40-43H,8-9H2,1-2H3. The molecule has 0 amide bonds. The van der Waals surface area contributed by atoms with Crippen LogP contribution < -0.4 is 24.4 Å². The molecule has 9 N–H and O–H groups in total. The third-order valence-electron chi connectivity index (χ3n) is 7.80. The summed E-state index contributed by atoms with van der Waals surface area (Å²) in [5.74, 6) is -4.43. The molecule has 2 saturated heterocycles. The summed E-state index contributed by atoms with van der Waals surface area (Å²) in [6, 6.07) is 5.54. The predicted molar refractivity (Wildman–Crippen MR) is 161 cm³/mol. The third-order valence-corrected chi connectivity index (χ3v) is 7.80. The summed E-state index contributed by atoms with van der Waals surface area (Å²) < 4.78 is 38.3. The highest BCUT2D eigenvalue weighted by atomic mass is 16.7. The lowest BCUT2D eigenvalue weighted by Gasteiger charge is -2.39. The third kappa shape index (κ3) is 7.23. The molecular formula is C31H34O19. The lowest BCUT2D eigenvalue weighted by atomic mass is 9.99. The van der Waals surface area contributed by atoms with Crippen LogP contribution in [0.15, 0.2) is 39.5 Å². The molecule has 2 aromatic carbocycles. The predicted octanol–water partition coefficient (Wildman–Crippen LogP) is -2.63. The lowest BCUT2D eigenvalue weighted by Crippen LogP contribution is -2.60. The van der Waals surface area contributed by atoms with Crippen molar-refractivity contribution in [2.45, 2.75) is 75.3 Å². The van der Waals surface area contributed by atoms with Crippen LogP contribution >= 0.6 is 0 Å². The quantitative estimate of drug-likeness (QED) is 0.0810. The van der Waals surface area contributed by atoms with Crippen LogP contribution in [-0.2, 0) is 19.1 Å². The van der Waals surface area contributed by atoms with Gasteiger partial charge in [0.25, 0.3) is 0 Å². The highest BCUT2D eigenvalue weighted by molar-refractivity contribution is 5.88. The van der Waals surface area contributed by atoms with E-state index in [1.54, 1.807) is 0 Å². The number of benzene rings is 2. The summed E-state index contributed by atoms with van der Waals surface area (Å²) in [5.41, 5.74) is -1.59. The number of fused-ring (bicyclic) bond motifs is 1. The minimum atomic E-state index is -1.98. The Morgan fingerprint density at radius 2 is 1.26 bits per heavy atom. The first-order valence-electron chi connectivity index (χ1n) is 14.9. The van der Waals surface area contributed by atoms with Gasteiger partial charge in [-0.15, -0.1) is 0 Å². The van der Waals surface area contributed by atoms with E-state index in [0.717, 1.165) is 32.0 Å². The van der Waals surface area contributed by atoms with E-state index in [9.17, 15) is 60.3 Å². The molecule has 10 unspecified atom stereocenters. The van der Waals surface area contributed by atoms with Crippen molar-refractivity contribution in [2.75, 3.05) is 13.2 Å². The van der Waals surface area contributed by atoms with Crippen LogP contribution in [0.1, 0.15) is 13.8 Å². The van der Waals surface area contributed by atoms with Crippen LogP contribution in [0.25, 0.3) is 22.3 Å². The number of phenols is 1. The van der Waals surface area contributed by atoms with Gasteiger partial charge in [-0.3, -0.25) is 14.4 Å². The van der Waals surface area contributed by atoms with E-state index in [2.05, 4.69) is 0 Å². The number of carbonyl (C=O) groups excluding carboxylic acids is 2. The van der Waals surface area contributed by atoms with Gasteiger partial charge in [-0.2, -0.15) is 0 Å². The Kier molecular flexibility index (Phi) is 10.9. The number of hydrogen-bond donors (Lipinski definition) is 9. The maximum atomic E-state index is 14.0. The van der Waals surface area contributed by atoms with Crippen molar-refractivity contribution in [3.8, 4) is 40.1 Å². The summed E-state index contributed by atoms with van der Waals surface area (Å²) >= 11 is 0. The van der Waals surface area contributed by atoms with E-state index in [0.29, 0.717) is 0 Å². The number of aliphatic hydroxyl groups excluding tert-OH is 8. The molecule has 10 atom stereocenters. The molecule has 5 rings (SSSR count). The van der Waals surface area contributed by atoms with Crippen LogP contribution in [0.5, 0.6) is 28.7 Å². The molecule has 50 heavy (non-hydrogen) atoms. The van der Waals surface area contributed by atoms with Gasteiger partial charge in [0.2, 0.25) is 23.8 Å². The fourth-order valence-corrected chi connectivity index (χ4v) is 5.33. The number of carbonyl (C=O) groups is 2. The van der Waals surface area contributed by atoms with E-state index in [1.807, 2.05) is 0 Å². The SMILES string of the molecule is CC(=O)Oc1ccc(-c2oc3cc(OC4OC(CO)C(O)C(O)C4O)cc(O)c3c(=O)c2OC2OC(CO)C(O)C(O)C2O)cc1OC(C)=O. The summed E-state index contributed by atoms with van der Waals surface area (Å²) in [6.45, 7) is 0.574. The van der Waals surface area contributed by atoms with E-state index < -0.39 is 120 Å². The molecule has 1 aromatic heterocycles. The molecule has 3 heterocycles. The van der Waals surface area contributed by atoms with Crippen molar-refractivity contribution in [3.05, 3.63) is 40.6 Å². The largest absolute Gasteiger partial charge is 0.507 e. The number of hydrogen-bond acceptors (Lipinski definition) is 19. The Balaban J connectivity index is 1.66. The van der Waals surface area contributed by atoms with Crippen LogP contribution in [0.4, 0.5) is 0 Å². The number of phenolic OH excluding ortho intramolecular Hbond substituents is 1.